The van der Waals surface area contributed by atoms with Gasteiger partial charge in [-0.1, -0.05) is 6.08 Å². The number of alkyl halides is 3. The zero-order chi connectivity index (χ0) is 14.6. The summed E-state index contributed by atoms with van der Waals surface area (Å²) in [7, 11) is 0. The molecule has 0 aliphatic heterocycles. The summed E-state index contributed by atoms with van der Waals surface area (Å²) in [6.45, 7) is 4.21. The molecule has 0 aliphatic rings. The van der Waals surface area contributed by atoms with Crippen LogP contribution in [0.15, 0.2) is 49.3 Å². The van der Waals surface area contributed by atoms with Gasteiger partial charge in [0.1, 0.15) is 5.75 Å². The topological polar surface area (TPSA) is 39.1 Å². The highest BCUT2D eigenvalue weighted by molar-refractivity contribution is 5.54. The standard InChI is InChI=1S/C13H12F3N3O/c1-2-8-19-9-7-17-12(19)18-10-3-5-11(6-4-10)20-13(14,15)16/h2-7,9H,1,8H2,(H,17,18). The van der Waals surface area contributed by atoms with E-state index in [2.05, 4.69) is 21.6 Å². The third kappa shape index (κ3) is 3.78. The van der Waals surface area contributed by atoms with Crippen LogP contribution in [0.1, 0.15) is 0 Å². The fourth-order valence-electron chi connectivity index (χ4n) is 1.59. The van der Waals surface area contributed by atoms with Crippen molar-refractivity contribution in [1.82, 2.24) is 9.55 Å². The molecule has 1 N–H and O–H groups in total. The minimum atomic E-state index is -4.69. The minimum Gasteiger partial charge on any atom is -0.406 e. The Kier molecular flexibility index (Phi) is 3.97. The number of imidazole rings is 1. The van der Waals surface area contributed by atoms with E-state index in [1.807, 2.05) is 4.57 Å². The molecule has 0 atom stereocenters. The molecule has 0 saturated heterocycles. The van der Waals surface area contributed by atoms with Crippen molar-refractivity contribution >= 4 is 11.6 Å². The molecule has 20 heavy (non-hydrogen) atoms. The van der Waals surface area contributed by atoms with Crippen LogP contribution in [0.25, 0.3) is 0 Å². The van der Waals surface area contributed by atoms with Crippen molar-refractivity contribution < 1.29 is 17.9 Å². The van der Waals surface area contributed by atoms with Crippen LogP contribution in [-0.4, -0.2) is 15.9 Å². The molecule has 7 heteroatoms. The van der Waals surface area contributed by atoms with Crippen LogP contribution in [0.5, 0.6) is 5.75 Å². The number of halogens is 3. The maximum atomic E-state index is 12.0. The van der Waals surface area contributed by atoms with Crippen molar-refractivity contribution in [2.45, 2.75) is 12.9 Å². The van der Waals surface area contributed by atoms with Gasteiger partial charge in [-0.05, 0) is 24.3 Å². The van der Waals surface area contributed by atoms with Gasteiger partial charge >= 0.3 is 6.36 Å². The summed E-state index contributed by atoms with van der Waals surface area (Å²) in [5.41, 5.74) is 0.607. The Labute approximate surface area is 113 Å². The Morgan fingerprint density at radius 3 is 2.60 bits per heavy atom. The quantitative estimate of drug-likeness (QED) is 0.850. The summed E-state index contributed by atoms with van der Waals surface area (Å²) in [5, 5.41) is 2.99. The number of allylic oxidation sites excluding steroid dienone is 1. The van der Waals surface area contributed by atoms with Gasteiger partial charge in [0.15, 0.2) is 0 Å². The van der Waals surface area contributed by atoms with Crippen molar-refractivity contribution in [3.8, 4) is 5.75 Å². The Bertz CT molecular complexity index is 575. The number of aromatic nitrogens is 2. The average Bonchev–Trinajstić information content (AvgIpc) is 2.78. The minimum absolute atomic E-state index is 0.266. The number of anilines is 2. The van der Waals surface area contributed by atoms with Gasteiger partial charge in [-0.25, -0.2) is 4.98 Å². The van der Waals surface area contributed by atoms with Crippen LogP contribution in [0.3, 0.4) is 0 Å². The first-order valence-corrected chi connectivity index (χ1v) is 5.73. The Morgan fingerprint density at radius 2 is 2.00 bits per heavy atom. The van der Waals surface area contributed by atoms with Gasteiger partial charge in [0.2, 0.25) is 5.95 Å². The number of ether oxygens (including phenoxy) is 1. The molecule has 0 bridgehead atoms. The number of rotatable bonds is 5. The summed E-state index contributed by atoms with van der Waals surface area (Å²) >= 11 is 0. The second-order valence-corrected chi connectivity index (χ2v) is 3.89. The van der Waals surface area contributed by atoms with E-state index in [1.54, 1.807) is 18.5 Å². The second kappa shape index (κ2) is 5.68. The van der Waals surface area contributed by atoms with Crippen LogP contribution < -0.4 is 10.1 Å². The lowest BCUT2D eigenvalue weighted by molar-refractivity contribution is -0.274. The molecule has 0 aliphatic carbocycles. The van der Waals surface area contributed by atoms with E-state index in [9.17, 15) is 13.2 Å². The molecule has 2 aromatic rings. The molecule has 106 valence electrons. The van der Waals surface area contributed by atoms with Crippen LogP contribution in [0.4, 0.5) is 24.8 Å². The van der Waals surface area contributed by atoms with Crippen molar-refractivity contribution in [2.75, 3.05) is 5.32 Å². The molecule has 0 unspecified atom stereocenters. The molecule has 4 nitrogen and oxygen atoms in total. The molecule has 1 aromatic carbocycles. The fraction of sp³-hybridized carbons (Fsp3) is 0.154. The molecule has 0 spiro atoms. The van der Waals surface area contributed by atoms with Crippen LogP contribution in [0.2, 0.25) is 0 Å². The van der Waals surface area contributed by atoms with Gasteiger partial charge in [-0.15, -0.1) is 19.8 Å². The SMILES string of the molecule is C=CCn1ccnc1Nc1ccc(OC(F)(F)F)cc1. The van der Waals surface area contributed by atoms with Gasteiger partial charge in [0.25, 0.3) is 0 Å². The van der Waals surface area contributed by atoms with E-state index in [4.69, 9.17) is 0 Å². The summed E-state index contributed by atoms with van der Waals surface area (Å²) in [6.07, 6.45) is 0.417. The van der Waals surface area contributed by atoms with Gasteiger partial charge in [0, 0.05) is 24.6 Å². The maximum Gasteiger partial charge on any atom is 0.573 e. The molecule has 1 aromatic heterocycles. The maximum absolute atomic E-state index is 12.0. The van der Waals surface area contributed by atoms with Crippen LogP contribution in [0, 0.1) is 0 Å². The van der Waals surface area contributed by atoms with E-state index in [0.29, 0.717) is 18.2 Å². The summed E-state index contributed by atoms with van der Waals surface area (Å²) in [6, 6.07) is 5.43. The highest BCUT2D eigenvalue weighted by Crippen LogP contribution is 2.24. The normalized spacial score (nSPS) is 11.2. The van der Waals surface area contributed by atoms with Crippen LogP contribution in [-0.2, 0) is 6.54 Å². The average molecular weight is 283 g/mol. The number of hydrogen-bond donors (Lipinski definition) is 1. The predicted molar refractivity (Wildman–Crippen MR) is 68.8 cm³/mol. The Morgan fingerprint density at radius 1 is 1.30 bits per heavy atom. The van der Waals surface area contributed by atoms with Crippen molar-refractivity contribution in [2.24, 2.45) is 0 Å². The first-order chi connectivity index (χ1) is 9.48. The number of nitrogens with one attached hydrogen (secondary N) is 1. The Balaban J connectivity index is 2.07. The van der Waals surface area contributed by atoms with Gasteiger partial charge in [0.05, 0.1) is 0 Å². The summed E-state index contributed by atoms with van der Waals surface area (Å²) < 4.78 is 41.7. The van der Waals surface area contributed by atoms with E-state index in [1.165, 1.54) is 24.3 Å². The molecular weight excluding hydrogens is 271 g/mol. The monoisotopic (exact) mass is 283 g/mol. The van der Waals surface area contributed by atoms with E-state index < -0.39 is 6.36 Å². The third-order valence-electron chi connectivity index (χ3n) is 2.39. The van der Waals surface area contributed by atoms with Gasteiger partial charge in [-0.2, -0.15) is 0 Å². The molecular formula is C13H12F3N3O. The zero-order valence-electron chi connectivity index (χ0n) is 10.4. The predicted octanol–water partition coefficient (Wildman–Crippen LogP) is 3.71. The highest BCUT2D eigenvalue weighted by Gasteiger charge is 2.30. The van der Waals surface area contributed by atoms with E-state index in [0.717, 1.165) is 0 Å². The fourth-order valence-corrected chi connectivity index (χ4v) is 1.59. The van der Waals surface area contributed by atoms with Gasteiger partial charge in [-0.3, -0.25) is 0 Å². The first kappa shape index (κ1) is 14.0. The van der Waals surface area contributed by atoms with Gasteiger partial charge < -0.3 is 14.6 Å². The number of nitrogens with zero attached hydrogens (tertiary/aromatic N) is 2. The van der Waals surface area contributed by atoms with E-state index >= 15 is 0 Å². The largest absolute Gasteiger partial charge is 0.573 e. The van der Waals surface area contributed by atoms with Crippen molar-refractivity contribution in [3.63, 3.8) is 0 Å². The zero-order valence-corrected chi connectivity index (χ0v) is 10.4. The van der Waals surface area contributed by atoms with Crippen molar-refractivity contribution in [1.29, 1.82) is 0 Å². The Hall–Kier alpha value is -2.44. The lowest BCUT2D eigenvalue weighted by atomic mass is 10.3. The lowest BCUT2D eigenvalue weighted by Crippen LogP contribution is -2.17. The third-order valence-corrected chi connectivity index (χ3v) is 2.39. The van der Waals surface area contributed by atoms with Crippen LogP contribution >= 0.6 is 0 Å². The van der Waals surface area contributed by atoms with E-state index in [-0.39, 0.29) is 5.75 Å². The number of benzene rings is 1. The highest BCUT2D eigenvalue weighted by atomic mass is 19.4. The molecule has 0 saturated carbocycles. The summed E-state index contributed by atoms with van der Waals surface area (Å²) in [5.74, 6) is 0.312. The van der Waals surface area contributed by atoms with Crippen molar-refractivity contribution in [3.05, 3.63) is 49.3 Å². The smallest absolute Gasteiger partial charge is 0.406 e. The lowest BCUT2D eigenvalue weighted by Gasteiger charge is -2.10. The molecule has 0 fully saturated rings. The summed E-state index contributed by atoms with van der Waals surface area (Å²) in [4.78, 5) is 4.10. The first-order valence-electron chi connectivity index (χ1n) is 5.73. The molecule has 1 heterocycles. The molecule has 0 radical (unpaired) electrons. The second-order valence-electron chi connectivity index (χ2n) is 3.89. The molecule has 0 amide bonds. The molecule has 2 rings (SSSR count). The number of hydrogen-bond acceptors (Lipinski definition) is 3.